The molecule has 1 aromatic carbocycles. The molecule has 3 rings (SSSR count). The molecule has 0 amide bonds. The zero-order valence-corrected chi connectivity index (χ0v) is 11.0. The van der Waals surface area contributed by atoms with E-state index >= 15 is 0 Å². The Kier molecular flexibility index (Phi) is 2.98. The molecule has 0 atom stereocenters. The van der Waals surface area contributed by atoms with Crippen LogP contribution in [0.1, 0.15) is 17.5 Å². The Hall–Kier alpha value is -3.03. The van der Waals surface area contributed by atoms with Gasteiger partial charge in [-0.3, -0.25) is 10.1 Å². The van der Waals surface area contributed by atoms with Gasteiger partial charge in [0.2, 0.25) is 5.82 Å². The van der Waals surface area contributed by atoms with Crippen LogP contribution in [0.3, 0.4) is 0 Å². The third-order valence-corrected chi connectivity index (χ3v) is 2.99. The van der Waals surface area contributed by atoms with E-state index < -0.39 is 10.9 Å². The monoisotopic (exact) mass is 286 g/mol. The maximum absolute atomic E-state index is 11.7. The number of aromatic nitrogens is 3. The first-order chi connectivity index (χ1) is 10.1. The zero-order valence-electron chi connectivity index (χ0n) is 11.0. The van der Waals surface area contributed by atoms with Crippen molar-refractivity contribution < 1.29 is 14.5 Å². The van der Waals surface area contributed by atoms with Crippen LogP contribution in [0.2, 0.25) is 0 Å². The summed E-state index contributed by atoms with van der Waals surface area (Å²) in [7, 11) is 0. The highest BCUT2D eigenvalue weighted by Gasteiger charge is 2.15. The number of benzene rings is 1. The predicted molar refractivity (Wildman–Crippen MR) is 74.0 cm³/mol. The molecule has 0 saturated heterocycles. The lowest BCUT2D eigenvalue weighted by Crippen LogP contribution is -2.09. The lowest BCUT2D eigenvalue weighted by molar-refractivity contribution is -0.384. The fourth-order valence-electron chi connectivity index (χ4n) is 2.07. The van der Waals surface area contributed by atoms with Crippen LogP contribution in [0.15, 0.2) is 24.4 Å². The summed E-state index contributed by atoms with van der Waals surface area (Å²) in [5.41, 5.74) is 1.69. The van der Waals surface area contributed by atoms with E-state index in [0.717, 1.165) is 0 Å². The lowest BCUT2D eigenvalue weighted by atomic mass is 10.2. The van der Waals surface area contributed by atoms with Crippen molar-refractivity contribution in [2.24, 2.45) is 0 Å². The molecule has 0 saturated carbocycles. The van der Waals surface area contributed by atoms with Crippen molar-refractivity contribution in [3.05, 3.63) is 40.3 Å². The van der Waals surface area contributed by atoms with Crippen LogP contribution in [0.4, 0.5) is 5.69 Å². The molecule has 0 radical (unpaired) electrons. The van der Waals surface area contributed by atoms with Gasteiger partial charge in [-0.05, 0) is 13.0 Å². The maximum atomic E-state index is 11.7. The normalized spacial score (nSPS) is 10.9. The van der Waals surface area contributed by atoms with Gasteiger partial charge < -0.3 is 9.72 Å². The van der Waals surface area contributed by atoms with Gasteiger partial charge in [-0.2, -0.15) is 0 Å². The van der Waals surface area contributed by atoms with Gasteiger partial charge in [0.05, 0.1) is 23.2 Å². The summed E-state index contributed by atoms with van der Waals surface area (Å²) >= 11 is 0. The maximum Gasteiger partial charge on any atom is 0.376 e. The van der Waals surface area contributed by atoms with E-state index in [2.05, 4.69) is 15.0 Å². The molecule has 0 aliphatic rings. The molecule has 8 heteroatoms. The topological polar surface area (TPSA) is 111 Å². The van der Waals surface area contributed by atoms with Gasteiger partial charge in [-0.1, -0.05) is 0 Å². The number of nitrogens with one attached hydrogen (secondary N) is 1. The summed E-state index contributed by atoms with van der Waals surface area (Å²) in [6.07, 6.45) is 1.46. The number of hydrogen-bond acceptors (Lipinski definition) is 6. The second-order valence-corrected chi connectivity index (χ2v) is 4.29. The van der Waals surface area contributed by atoms with Gasteiger partial charge in [-0.25, -0.2) is 14.8 Å². The van der Waals surface area contributed by atoms with Gasteiger partial charge >= 0.3 is 5.97 Å². The van der Waals surface area contributed by atoms with E-state index in [9.17, 15) is 14.9 Å². The summed E-state index contributed by atoms with van der Waals surface area (Å²) in [4.78, 5) is 33.1. The highest BCUT2D eigenvalue weighted by Crippen LogP contribution is 2.27. The van der Waals surface area contributed by atoms with Gasteiger partial charge in [0.1, 0.15) is 5.52 Å². The Morgan fingerprint density at radius 3 is 2.95 bits per heavy atom. The summed E-state index contributed by atoms with van der Waals surface area (Å²) in [5, 5.41) is 11.4. The van der Waals surface area contributed by atoms with Gasteiger partial charge in [0.15, 0.2) is 0 Å². The molecule has 21 heavy (non-hydrogen) atoms. The van der Waals surface area contributed by atoms with Crippen LogP contribution >= 0.6 is 0 Å². The summed E-state index contributed by atoms with van der Waals surface area (Å²) < 4.78 is 4.85. The highest BCUT2D eigenvalue weighted by atomic mass is 16.6. The van der Waals surface area contributed by atoms with E-state index in [1.807, 2.05) is 0 Å². The number of carbonyl (C=O) groups excluding carboxylic acids is 1. The van der Waals surface area contributed by atoms with Crippen LogP contribution in [0, 0.1) is 10.1 Å². The molecule has 0 fully saturated rings. The molecule has 106 valence electrons. The molecule has 0 aliphatic heterocycles. The average molecular weight is 286 g/mol. The molecule has 1 N–H and O–H groups in total. The molecular weight excluding hydrogens is 276 g/mol. The minimum absolute atomic E-state index is 0.0419. The molecular formula is C13H10N4O4. The number of H-pyrrole nitrogens is 1. The van der Waals surface area contributed by atoms with E-state index in [0.29, 0.717) is 21.9 Å². The average Bonchev–Trinajstić information content (AvgIpc) is 2.84. The minimum Gasteiger partial charge on any atom is -0.460 e. The van der Waals surface area contributed by atoms with E-state index in [1.165, 1.54) is 18.3 Å². The van der Waals surface area contributed by atoms with Crippen molar-refractivity contribution >= 4 is 33.6 Å². The number of esters is 1. The van der Waals surface area contributed by atoms with Gasteiger partial charge in [0.25, 0.3) is 5.69 Å². The Bertz CT molecular complexity index is 871. The first kappa shape index (κ1) is 13.0. The van der Waals surface area contributed by atoms with Crippen molar-refractivity contribution in [1.29, 1.82) is 0 Å². The number of carbonyl (C=O) groups is 1. The highest BCUT2D eigenvalue weighted by molar-refractivity contribution is 6.06. The number of hydrogen-bond donors (Lipinski definition) is 1. The number of aromatic amines is 1. The molecule has 3 aromatic rings. The summed E-state index contributed by atoms with van der Waals surface area (Å²) in [5.74, 6) is -0.698. The number of ether oxygens (including phenoxy) is 1. The smallest absolute Gasteiger partial charge is 0.376 e. The third kappa shape index (κ3) is 2.16. The summed E-state index contributed by atoms with van der Waals surface area (Å²) in [6, 6.07) is 4.41. The van der Waals surface area contributed by atoms with E-state index in [1.54, 1.807) is 13.0 Å². The minimum atomic E-state index is -0.626. The van der Waals surface area contributed by atoms with Crippen LogP contribution < -0.4 is 0 Å². The predicted octanol–water partition coefficient (Wildman–Crippen LogP) is 2.20. The van der Waals surface area contributed by atoms with Crippen molar-refractivity contribution in [2.75, 3.05) is 6.61 Å². The van der Waals surface area contributed by atoms with Gasteiger partial charge in [-0.15, -0.1) is 0 Å². The van der Waals surface area contributed by atoms with Crippen molar-refractivity contribution in [3.8, 4) is 0 Å². The standard InChI is InChI=1S/C13H10N4O4/c1-2-21-13(18)12-14-6-10-11(16-12)8-5-7(17(19)20)3-4-9(8)15-10/h3-6,15H,2H2,1H3. The zero-order chi connectivity index (χ0) is 15.0. The van der Waals surface area contributed by atoms with E-state index in [4.69, 9.17) is 4.74 Å². The first-order valence-corrected chi connectivity index (χ1v) is 6.20. The quantitative estimate of drug-likeness (QED) is 0.449. The SMILES string of the molecule is CCOC(=O)c1ncc2[nH]c3ccc([N+](=O)[O-])cc3c2n1. The molecule has 0 spiro atoms. The third-order valence-electron chi connectivity index (χ3n) is 2.99. The number of non-ortho nitro benzene ring substituents is 1. The van der Waals surface area contributed by atoms with Gasteiger partial charge in [0, 0.05) is 23.0 Å². The van der Waals surface area contributed by atoms with Crippen LogP contribution in [0.5, 0.6) is 0 Å². The van der Waals surface area contributed by atoms with Crippen molar-refractivity contribution in [3.63, 3.8) is 0 Å². The molecule has 2 heterocycles. The van der Waals surface area contributed by atoms with E-state index in [-0.39, 0.29) is 18.1 Å². The largest absolute Gasteiger partial charge is 0.460 e. The summed E-state index contributed by atoms with van der Waals surface area (Å²) in [6.45, 7) is 1.91. The number of nitro groups is 1. The fourth-order valence-corrected chi connectivity index (χ4v) is 2.07. The lowest BCUT2D eigenvalue weighted by Gasteiger charge is -1.99. The molecule has 0 bridgehead atoms. The number of nitrogens with zero attached hydrogens (tertiary/aromatic N) is 3. The molecule has 0 aliphatic carbocycles. The Morgan fingerprint density at radius 1 is 1.43 bits per heavy atom. The number of fused-ring (bicyclic) bond motifs is 3. The molecule has 8 nitrogen and oxygen atoms in total. The second kappa shape index (κ2) is 4.82. The van der Waals surface area contributed by atoms with Crippen molar-refractivity contribution in [2.45, 2.75) is 6.92 Å². The second-order valence-electron chi connectivity index (χ2n) is 4.29. The Labute approximate surface area is 117 Å². The van der Waals surface area contributed by atoms with Crippen molar-refractivity contribution in [1.82, 2.24) is 15.0 Å². The molecule has 2 aromatic heterocycles. The number of nitro benzene ring substituents is 1. The fraction of sp³-hybridized carbons (Fsp3) is 0.154. The molecule has 0 unspecified atom stereocenters. The Morgan fingerprint density at radius 2 is 2.24 bits per heavy atom. The number of rotatable bonds is 3. The van der Waals surface area contributed by atoms with Crippen LogP contribution in [-0.4, -0.2) is 32.5 Å². The Balaban J connectivity index is 2.22. The van der Waals surface area contributed by atoms with Crippen LogP contribution in [-0.2, 0) is 4.74 Å². The first-order valence-electron chi connectivity index (χ1n) is 6.20. The van der Waals surface area contributed by atoms with Crippen LogP contribution in [0.25, 0.3) is 21.9 Å².